The highest BCUT2D eigenvalue weighted by Gasteiger charge is 2.26. The number of aryl methyl sites for hydroxylation is 1. The molecule has 2 aromatic carbocycles. The molecule has 0 spiro atoms. The van der Waals surface area contributed by atoms with E-state index in [2.05, 4.69) is 19.1 Å². The van der Waals surface area contributed by atoms with Gasteiger partial charge in [-0.3, -0.25) is 14.2 Å². The van der Waals surface area contributed by atoms with Gasteiger partial charge in [0.05, 0.1) is 17.6 Å². The van der Waals surface area contributed by atoms with E-state index in [9.17, 15) is 9.59 Å². The summed E-state index contributed by atoms with van der Waals surface area (Å²) in [6.45, 7) is 4.90. The average molecular weight is 462 g/mol. The van der Waals surface area contributed by atoms with E-state index in [0.29, 0.717) is 30.1 Å². The molecular formula is C25H23N3O2S2. The summed E-state index contributed by atoms with van der Waals surface area (Å²) in [5.41, 5.74) is 4.31. The summed E-state index contributed by atoms with van der Waals surface area (Å²) >= 11 is 3.13. The van der Waals surface area contributed by atoms with Crippen LogP contribution in [0, 0.1) is 6.92 Å². The van der Waals surface area contributed by atoms with Gasteiger partial charge in [-0.25, -0.2) is 4.98 Å². The lowest BCUT2D eigenvalue weighted by molar-refractivity contribution is -0.129. The molecule has 0 saturated heterocycles. The minimum Gasteiger partial charge on any atom is -0.337 e. The number of amides is 1. The maximum atomic E-state index is 13.8. The Labute approximate surface area is 194 Å². The number of thiophene rings is 1. The third-order valence-electron chi connectivity index (χ3n) is 5.92. The maximum Gasteiger partial charge on any atom is 0.267 e. The van der Waals surface area contributed by atoms with Crippen LogP contribution in [0.2, 0.25) is 0 Å². The number of fused-ring (bicyclic) bond motifs is 3. The maximum absolute atomic E-state index is 13.8. The highest BCUT2D eigenvalue weighted by molar-refractivity contribution is 7.98. The first kappa shape index (κ1) is 21.0. The largest absolute Gasteiger partial charge is 0.337 e. The van der Waals surface area contributed by atoms with E-state index in [-0.39, 0.29) is 11.5 Å². The van der Waals surface area contributed by atoms with Crippen LogP contribution in [0.5, 0.6) is 0 Å². The molecular weight excluding hydrogens is 438 g/mol. The van der Waals surface area contributed by atoms with Gasteiger partial charge < -0.3 is 4.90 Å². The fraction of sp³-hybridized carbons (Fsp3) is 0.240. The zero-order valence-electron chi connectivity index (χ0n) is 18.0. The second-order valence-electron chi connectivity index (χ2n) is 7.96. The number of nitrogens with zero attached hydrogens (tertiary/aromatic N) is 3. The molecule has 0 saturated carbocycles. The van der Waals surface area contributed by atoms with Gasteiger partial charge in [0.25, 0.3) is 5.56 Å². The molecule has 2 aromatic heterocycles. The van der Waals surface area contributed by atoms with Gasteiger partial charge in [0.2, 0.25) is 5.91 Å². The van der Waals surface area contributed by atoms with Crippen LogP contribution in [-0.4, -0.2) is 26.9 Å². The fourth-order valence-electron chi connectivity index (χ4n) is 4.11. The molecule has 7 heteroatoms. The number of benzene rings is 2. The molecule has 1 aliphatic heterocycles. The summed E-state index contributed by atoms with van der Waals surface area (Å²) < 4.78 is 1.75. The third kappa shape index (κ3) is 3.76. The summed E-state index contributed by atoms with van der Waals surface area (Å²) in [7, 11) is 0. The van der Waals surface area contributed by atoms with E-state index in [4.69, 9.17) is 4.98 Å². The minimum atomic E-state index is -0.0257. The molecule has 1 amide bonds. The molecule has 0 unspecified atom stereocenters. The standard InChI is InChI=1S/C25H23N3O2S2/c1-16-8-6-7-9-18(16)15-31-25-26-23-22(24(30)28(25)19-10-4-3-5-11-19)20-12-13-27(17(2)29)14-21(20)32-23/h3-11H,12-15H2,1-2H3. The Hall–Kier alpha value is -2.90. The van der Waals surface area contributed by atoms with E-state index in [1.807, 2.05) is 47.4 Å². The Bertz CT molecular complexity index is 1380. The van der Waals surface area contributed by atoms with Crippen LogP contribution in [0.1, 0.15) is 28.5 Å². The highest BCUT2D eigenvalue weighted by Crippen LogP contribution is 2.35. The molecule has 0 bridgehead atoms. The van der Waals surface area contributed by atoms with Crippen molar-refractivity contribution < 1.29 is 4.79 Å². The van der Waals surface area contributed by atoms with Crippen molar-refractivity contribution in [2.45, 2.75) is 37.7 Å². The normalized spacial score (nSPS) is 13.4. The number of rotatable bonds is 4. The van der Waals surface area contributed by atoms with Crippen molar-refractivity contribution >= 4 is 39.2 Å². The van der Waals surface area contributed by atoms with Gasteiger partial charge in [-0.2, -0.15) is 0 Å². The van der Waals surface area contributed by atoms with Gasteiger partial charge in [-0.15, -0.1) is 11.3 Å². The predicted molar refractivity (Wildman–Crippen MR) is 131 cm³/mol. The van der Waals surface area contributed by atoms with Crippen LogP contribution < -0.4 is 5.56 Å². The first-order valence-electron chi connectivity index (χ1n) is 10.6. The number of carbonyl (C=O) groups excluding carboxylic acids is 1. The van der Waals surface area contributed by atoms with Crippen molar-refractivity contribution in [1.82, 2.24) is 14.5 Å². The van der Waals surface area contributed by atoms with Crippen LogP contribution in [0.3, 0.4) is 0 Å². The lowest BCUT2D eigenvalue weighted by Crippen LogP contribution is -2.34. The molecule has 1 aliphatic rings. The van der Waals surface area contributed by atoms with Crippen molar-refractivity contribution in [3.63, 3.8) is 0 Å². The van der Waals surface area contributed by atoms with Gasteiger partial charge in [0.15, 0.2) is 5.16 Å². The molecule has 4 aromatic rings. The second kappa shape index (κ2) is 8.56. The van der Waals surface area contributed by atoms with Crippen LogP contribution in [0.15, 0.2) is 64.5 Å². The average Bonchev–Trinajstić information content (AvgIpc) is 3.17. The monoisotopic (exact) mass is 461 g/mol. The Morgan fingerprint density at radius 3 is 2.62 bits per heavy atom. The Kier molecular flexibility index (Phi) is 5.61. The van der Waals surface area contributed by atoms with E-state index < -0.39 is 0 Å². The summed E-state index contributed by atoms with van der Waals surface area (Å²) in [5, 5.41) is 1.40. The summed E-state index contributed by atoms with van der Waals surface area (Å²) in [5.74, 6) is 0.804. The fourth-order valence-corrected chi connectivity index (χ4v) is 6.47. The van der Waals surface area contributed by atoms with Crippen molar-refractivity contribution in [3.05, 3.63) is 86.5 Å². The van der Waals surface area contributed by atoms with Gasteiger partial charge >= 0.3 is 0 Å². The van der Waals surface area contributed by atoms with Crippen LogP contribution in [0.25, 0.3) is 15.9 Å². The van der Waals surface area contributed by atoms with Crippen LogP contribution in [0.4, 0.5) is 0 Å². The molecule has 32 heavy (non-hydrogen) atoms. The van der Waals surface area contributed by atoms with Crippen molar-refractivity contribution in [2.75, 3.05) is 6.54 Å². The van der Waals surface area contributed by atoms with Crippen LogP contribution >= 0.6 is 23.1 Å². The van der Waals surface area contributed by atoms with E-state index in [0.717, 1.165) is 26.7 Å². The molecule has 5 rings (SSSR count). The van der Waals surface area contributed by atoms with Crippen molar-refractivity contribution in [2.24, 2.45) is 0 Å². The number of hydrogen-bond donors (Lipinski definition) is 0. The van der Waals surface area contributed by atoms with Gasteiger partial charge in [0.1, 0.15) is 4.83 Å². The van der Waals surface area contributed by atoms with E-state index in [1.165, 1.54) is 11.1 Å². The number of thioether (sulfide) groups is 1. The molecule has 0 fully saturated rings. The first-order chi connectivity index (χ1) is 15.5. The SMILES string of the molecule is CC(=O)N1CCc2c(sc3nc(SCc4ccccc4C)n(-c4ccccc4)c(=O)c23)C1. The van der Waals surface area contributed by atoms with E-state index in [1.54, 1.807) is 34.6 Å². The smallest absolute Gasteiger partial charge is 0.267 e. The second-order valence-corrected chi connectivity index (χ2v) is 9.99. The van der Waals surface area contributed by atoms with Gasteiger partial charge in [-0.1, -0.05) is 54.2 Å². The number of carbonyl (C=O) groups is 1. The Morgan fingerprint density at radius 2 is 1.88 bits per heavy atom. The number of aromatic nitrogens is 2. The Balaban J connectivity index is 1.64. The topological polar surface area (TPSA) is 55.2 Å². The summed E-state index contributed by atoms with van der Waals surface area (Å²) in [4.78, 5) is 34.3. The Morgan fingerprint density at radius 1 is 1.12 bits per heavy atom. The van der Waals surface area contributed by atoms with Crippen LogP contribution in [-0.2, 0) is 23.5 Å². The molecule has 0 aliphatic carbocycles. The lowest BCUT2D eigenvalue weighted by Gasteiger charge is -2.25. The van der Waals surface area contributed by atoms with Gasteiger partial charge in [-0.05, 0) is 42.2 Å². The molecule has 0 N–H and O–H groups in total. The number of hydrogen-bond acceptors (Lipinski definition) is 5. The van der Waals surface area contributed by atoms with Crippen molar-refractivity contribution in [1.29, 1.82) is 0 Å². The summed E-state index contributed by atoms with van der Waals surface area (Å²) in [6.07, 6.45) is 0.691. The molecule has 0 radical (unpaired) electrons. The van der Waals surface area contributed by atoms with Crippen molar-refractivity contribution in [3.8, 4) is 5.69 Å². The minimum absolute atomic E-state index is 0.0257. The summed E-state index contributed by atoms with van der Waals surface area (Å²) in [6, 6.07) is 18.0. The predicted octanol–water partition coefficient (Wildman–Crippen LogP) is 4.95. The zero-order valence-corrected chi connectivity index (χ0v) is 19.6. The van der Waals surface area contributed by atoms with Gasteiger partial charge in [0, 0.05) is 24.1 Å². The lowest BCUT2D eigenvalue weighted by atomic mass is 10.1. The third-order valence-corrected chi connectivity index (χ3v) is 8.02. The molecule has 0 atom stereocenters. The van der Waals surface area contributed by atoms with E-state index >= 15 is 0 Å². The molecule has 5 nitrogen and oxygen atoms in total. The zero-order chi connectivity index (χ0) is 22.2. The first-order valence-corrected chi connectivity index (χ1v) is 12.4. The number of para-hydroxylation sites is 1. The quantitative estimate of drug-likeness (QED) is 0.319. The molecule has 162 valence electrons. The highest BCUT2D eigenvalue weighted by atomic mass is 32.2. The molecule has 3 heterocycles.